The van der Waals surface area contributed by atoms with Crippen molar-refractivity contribution in [3.8, 4) is 11.1 Å². The lowest BCUT2D eigenvalue weighted by Crippen LogP contribution is -2.21. The fourth-order valence-electron chi connectivity index (χ4n) is 20.6. The molecular weight excluding hydrogens is 1520 g/mol. The summed E-state index contributed by atoms with van der Waals surface area (Å²) in [5.41, 5.74) is 22.7. The van der Waals surface area contributed by atoms with Crippen molar-refractivity contribution in [2.75, 3.05) is 0 Å². The number of nitrogens with zero attached hydrogens (tertiary/aromatic N) is 5. The molecule has 9 heteroatoms. The number of para-hydroxylation sites is 7. The Bertz CT molecular complexity index is 7950. The van der Waals surface area contributed by atoms with Crippen LogP contribution in [0.5, 0.6) is 0 Å². The molecule has 0 radical (unpaired) electrons. The monoisotopic (exact) mass is 1620 g/mol. The van der Waals surface area contributed by atoms with Crippen molar-refractivity contribution in [2.24, 2.45) is 0 Å². The van der Waals surface area contributed by atoms with E-state index in [1.54, 1.807) is 0 Å². The molecule has 1 aliphatic carbocycles. The minimum Gasteiger partial charge on any atom is -0.456 e. The van der Waals surface area contributed by atoms with Crippen LogP contribution < -0.4 is 0 Å². The molecule has 25 rings (SSSR count). The first-order valence-electron chi connectivity index (χ1n) is 43.0. The Hall–Kier alpha value is -12.7. The Morgan fingerprint density at radius 3 is 1.12 bits per heavy atom. The fourth-order valence-corrected chi connectivity index (χ4v) is 23.0. The molecule has 24 aromatic rings. The molecule has 122 heavy (non-hydrogen) atoms. The van der Waals surface area contributed by atoms with Crippen LogP contribution in [0.15, 0.2) is 312 Å². The Morgan fingerprint density at radius 1 is 0.221 bits per heavy atom. The number of hydrogen-bond donors (Lipinski definition) is 0. The molecule has 602 valence electrons. The molecular formula is C113H101N5O2S2. The minimum atomic E-state index is 0.00104. The first-order valence-corrected chi connectivity index (χ1v) is 44.7. The maximum atomic E-state index is 6.29. The predicted octanol–water partition coefficient (Wildman–Crippen LogP) is 33.6. The normalized spacial score (nSPS) is 13.4. The van der Waals surface area contributed by atoms with Gasteiger partial charge in [-0.2, -0.15) is 0 Å². The van der Waals surface area contributed by atoms with Gasteiger partial charge in [-0.25, -0.2) is 0 Å². The Kier molecular flexibility index (Phi) is 17.4. The standard InChI is InChI=1S/C25H25N.2C22H19NO.2C22H19NS/c1-24(2,3)26-22-13-9-7-11-17(22)19-14-18-16-10-6-8-12-20(16)25(4,5)21(18)15-23(19)26;1-22(2,3)23-17-10-6-4-9-16(17)20-18(23)13-12-15-14-8-5-7-11-19(14)24-21(15)20;1-22(2,3)23-18-10-6-4-8-14(18)16-12-17-15-9-5-7-11-20(15)24-21(17)13-19(16)23;1-22(2,3)23-17-10-6-4-9-16(17)20-18(23)13-12-15-14-8-5-7-11-19(14)24-21(15)20;1-22(2,3)23-18-10-6-4-8-14(18)16-12-17-15-9-5-7-11-20(15)24-21(17)13-19(16)23/h6-15H,1-5H3;4*4-13H,1-3H3. The number of hydrogen-bond acceptors (Lipinski definition) is 4. The molecule has 9 heterocycles. The maximum Gasteiger partial charge on any atom is 0.145 e. The van der Waals surface area contributed by atoms with Crippen LogP contribution in [-0.2, 0) is 33.1 Å². The quantitative estimate of drug-likeness (QED) is 0.152. The van der Waals surface area contributed by atoms with E-state index >= 15 is 0 Å². The third-order valence-electron chi connectivity index (χ3n) is 25.4. The summed E-state index contributed by atoms with van der Waals surface area (Å²) in [6.07, 6.45) is 0. The molecule has 0 N–H and O–H groups in total. The van der Waals surface area contributed by atoms with E-state index in [9.17, 15) is 0 Å². The van der Waals surface area contributed by atoms with Crippen molar-refractivity contribution in [1.29, 1.82) is 0 Å². The molecule has 0 saturated heterocycles. The van der Waals surface area contributed by atoms with E-state index in [-0.39, 0.29) is 33.1 Å². The van der Waals surface area contributed by atoms with E-state index in [2.05, 4.69) is 420 Å². The summed E-state index contributed by atoms with van der Waals surface area (Å²) in [4.78, 5) is 0. The highest BCUT2D eigenvalue weighted by molar-refractivity contribution is 7.27. The molecule has 0 atom stereocenters. The van der Waals surface area contributed by atoms with Crippen molar-refractivity contribution < 1.29 is 8.83 Å². The van der Waals surface area contributed by atoms with Crippen LogP contribution in [0.3, 0.4) is 0 Å². The van der Waals surface area contributed by atoms with Gasteiger partial charge in [-0.15, -0.1) is 22.7 Å². The van der Waals surface area contributed by atoms with Crippen LogP contribution in [0.4, 0.5) is 0 Å². The molecule has 9 aromatic heterocycles. The topological polar surface area (TPSA) is 50.9 Å². The van der Waals surface area contributed by atoms with Gasteiger partial charge in [0.1, 0.15) is 22.3 Å². The van der Waals surface area contributed by atoms with E-state index in [0.717, 1.165) is 22.3 Å². The molecule has 0 saturated carbocycles. The van der Waals surface area contributed by atoms with Gasteiger partial charge in [0.05, 0.1) is 27.5 Å². The number of furan rings is 2. The van der Waals surface area contributed by atoms with Crippen LogP contribution in [0, 0.1) is 0 Å². The molecule has 0 unspecified atom stereocenters. The average molecular weight is 1630 g/mol. The number of aromatic nitrogens is 5. The van der Waals surface area contributed by atoms with Gasteiger partial charge in [0, 0.05) is 183 Å². The summed E-state index contributed by atoms with van der Waals surface area (Å²) in [7, 11) is 0. The average Bonchev–Trinajstić information content (AvgIpc) is 1.57. The summed E-state index contributed by atoms with van der Waals surface area (Å²) in [6.45, 7) is 38.8. The van der Waals surface area contributed by atoms with Gasteiger partial charge >= 0.3 is 0 Å². The van der Waals surface area contributed by atoms with Gasteiger partial charge in [-0.1, -0.05) is 208 Å². The van der Waals surface area contributed by atoms with Gasteiger partial charge < -0.3 is 31.7 Å². The van der Waals surface area contributed by atoms with Gasteiger partial charge in [-0.05, 0) is 229 Å². The summed E-state index contributed by atoms with van der Waals surface area (Å²) in [6, 6.07) is 110. The van der Waals surface area contributed by atoms with Crippen LogP contribution in [0.25, 0.3) is 204 Å². The van der Waals surface area contributed by atoms with Crippen molar-refractivity contribution in [3.63, 3.8) is 0 Å². The van der Waals surface area contributed by atoms with E-state index in [4.69, 9.17) is 8.83 Å². The second kappa shape index (κ2) is 27.7. The summed E-state index contributed by atoms with van der Waals surface area (Å²) in [5.74, 6) is 0. The highest BCUT2D eigenvalue weighted by atomic mass is 32.1. The van der Waals surface area contributed by atoms with Gasteiger partial charge in [0.25, 0.3) is 0 Å². The summed E-state index contributed by atoms with van der Waals surface area (Å²) in [5, 5.41) is 23.5. The number of rotatable bonds is 0. The number of thiophene rings is 2. The van der Waals surface area contributed by atoms with Gasteiger partial charge in [0.15, 0.2) is 0 Å². The SMILES string of the molecule is CC(C)(C)n1c2ccccc2c2c3oc4ccccc4c3ccc21.CC(C)(C)n1c2ccccc2c2c3sc4ccccc4c3ccc21.CC(C)(C)n1c2ccccc2c2cc3c(cc21)oc1ccccc13.CC(C)(C)n1c2ccccc2c2cc3c(cc21)sc1ccccc13.CC1(C)c2ccccc2-c2cc3c4ccccc4n(C(C)(C)C)c3cc21. The molecule has 0 spiro atoms. The zero-order chi connectivity index (χ0) is 84.2. The summed E-state index contributed by atoms with van der Waals surface area (Å²) < 4.78 is 30.2. The van der Waals surface area contributed by atoms with E-state index < -0.39 is 0 Å². The highest BCUT2D eigenvalue weighted by Crippen LogP contribution is 2.53. The minimum absolute atomic E-state index is 0.00104. The van der Waals surface area contributed by atoms with Crippen LogP contribution in [-0.4, -0.2) is 22.8 Å². The molecule has 15 aromatic carbocycles. The second-order valence-corrected chi connectivity index (χ2v) is 41.1. The van der Waals surface area contributed by atoms with Crippen molar-refractivity contribution in [2.45, 2.75) is 151 Å². The highest BCUT2D eigenvalue weighted by Gasteiger charge is 2.37. The van der Waals surface area contributed by atoms with E-state index in [1.807, 2.05) is 46.9 Å². The van der Waals surface area contributed by atoms with E-state index in [1.165, 1.54) is 193 Å². The van der Waals surface area contributed by atoms with Gasteiger partial charge in [0.2, 0.25) is 0 Å². The molecule has 0 fully saturated rings. The van der Waals surface area contributed by atoms with Crippen molar-refractivity contribution in [3.05, 3.63) is 314 Å². The second-order valence-electron chi connectivity index (χ2n) is 39.0. The number of benzene rings is 15. The lowest BCUT2D eigenvalue weighted by Gasteiger charge is -2.26. The first-order chi connectivity index (χ1) is 58.5. The van der Waals surface area contributed by atoms with Crippen LogP contribution in [0.1, 0.15) is 129 Å². The van der Waals surface area contributed by atoms with Crippen molar-refractivity contribution in [1.82, 2.24) is 22.8 Å². The van der Waals surface area contributed by atoms with E-state index in [0.29, 0.717) is 0 Å². The maximum absolute atomic E-state index is 6.29. The van der Waals surface area contributed by atoms with Crippen molar-refractivity contribution >= 4 is 216 Å². The van der Waals surface area contributed by atoms with Crippen LogP contribution in [0.2, 0.25) is 0 Å². The lowest BCUT2D eigenvalue weighted by molar-refractivity contribution is 0.423. The molecule has 0 aliphatic heterocycles. The Labute approximate surface area is 718 Å². The molecule has 0 amide bonds. The first kappa shape index (κ1) is 76.7. The molecule has 7 nitrogen and oxygen atoms in total. The zero-order valence-corrected chi connectivity index (χ0v) is 74.4. The third kappa shape index (κ3) is 12.1. The molecule has 1 aliphatic rings. The zero-order valence-electron chi connectivity index (χ0n) is 72.7. The van der Waals surface area contributed by atoms with Crippen LogP contribution >= 0.6 is 22.7 Å². The number of fused-ring (bicyclic) bond motifs is 32. The molecule has 0 bridgehead atoms. The smallest absolute Gasteiger partial charge is 0.145 e. The fraction of sp³-hybridized carbons (Fsp3) is 0.204. The Balaban J connectivity index is 0.0000000939. The van der Waals surface area contributed by atoms with Gasteiger partial charge in [-0.3, -0.25) is 0 Å². The summed E-state index contributed by atoms with van der Waals surface area (Å²) >= 11 is 3.81. The predicted molar refractivity (Wildman–Crippen MR) is 530 cm³/mol. The Morgan fingerprint density at radius 2 is 0.590 bits per heavy atom. The lowest BCUT2D eigenvalue weighted by atomic mass is 9.82. The largest absolute Gasteiger partial charge is 0.456 e. The third-order valence-corrected chi connectivity index (χ3v) is 27.8.